The van der Waals surface area contributed by atoms with E-state index in [-0.39, 0.29) is 11.6 Å². The molecule has 1 rings (SSSR count). The molecule has 1 aromatic carbocycles. The van der Waals surface area contributed by atoms with Gasteiger partial charge < -0.3 is 10.1 Å². The van der Waals surface area contributed by atoms with Gasteiger partial charge in [-0.25, -0.2) is 0 Å². The highest BCUT2D eigenvalue weighted by molar-refractivity contribution is 6.34. The second kappa shape index (κ2) is 6.65. The largest absolute Gasteiger partial charge is 0.489 e. The molecule has 0 saturated carbocycles. The minimum atomic E-state index is 0.0861. The van der Waals surface area contributed by atoms with E-state index in [1.165, 1.54) is 0 Å². The van der Waals surface area contributed by atoms with Crippen LogP contribution in [0.15, 0.2) is 18.2 Å². The molecule has 102 valence electrons. The fourth-order valence-electron chi connectivity index (χ4n) is 1.48. The Kier molecular flexibility index (Phi) is 5.77. The van der Waals surface area contributed by atoms with Gasteiger partial charge in [-0.15, -0.1) is 0 Å². The van der Waals surface area contributed by atoms with Crippen molar-refractivity contribution < 1.29 is 4.74 Å². The summed E-state index contributed by atoms with van der Waals surface area (Å²) >= 11 is 11.9. The average Bonchev–Trinajstić information content (AvgIpc) is 2.21. The molecule has 1 aromatic rings. The second-order valence-corrected chi connectivity index (χ2v) is 6.26. The molecule has 0 aliphatic rings. The predicted molar refractivity (Wildman–Crippen MR) is 78.9 cm³/mol. The van der Waals surface area contributed by atoms with Crippen LogP contribution in [0.2, 0.25) is 10.0 Å². The Morgan fingerprint density at radius 3 is 2.17 bits per heavy atom. The van der Waals surface area contributed by atoms with E-state index in [1.54, 1.807) is 18.2 Å². The van der Waals surface area contributed by atoms with Crippen molar-refractivity contribution >= 4 is 23.2 Å². The molecule has 0 aliphatic carbocycles. The Hall–Kier alpha value is -0.440. The van der Waals surface area contributed by atoms with E-state index in [0.717, 1.165) is 18.7 Å². The van der Waals surface area contributed by atoms with Crippen molar-refractivity contribution in [1.29, 1.82) is 0 Å². The molecular weight excluding hydrogens is 269 g/mol. The van der Waals surface area contributed by atoms with Gasteiger partial charge in [0.05, 0.1) is 0 Å². The standard InChI is InChI=1S/C14H21Cl2NO/c1-5-12(9-17-14(2,3)4)18-13-7-10(15)6-11(16)8-13/h6-8,12,17H,5,9H2,1-4H3. The number of ether oxygens (including phenoxy) is 1. The number of hydrogen-bond donors (Lipinski definition) is 1. The van der Waals surface area contributed by atoms with Crippen LogP contribution in [-0.4, -0.2) is 18.2 Å². The van der Waals surface area contributed by atoms with Crippen LogP contribution in [0.4, 0.5) is 0 Å². The van der Waals surface area contributed by atoms with E-state index in [4.69, 9.17) is 27.9 Å². The van der Waals surface area contributed by atoms with Gasteiger partial charge in [0.25, 0.3) is 0 Å². The number of nitrogens with one attached hydrogen (secondary N) is 1. The molecule has 0 aromatic heterocycles. The lowest BCUT2D eigenvalue weighted by Crippen LogP contribution is -2.42. The van der Waals surface area contributed by atoms with Gasteiger partial charge in [0.1, 0.15) is 11.9 Å². The maximum atomic E-state index is 5.95. The van der Waals surface area contributed by atoms with Crippen LogP contribution >= 0.6 is 23.2 Å². The first-order valence-electron chi connectivity index (χ1n) is 6.18. The highest BCUT2D eigenvalue weighted by atomic mass is 35.5. The van der Waals surface area contributed by atoms with Gasteiger partial charge in [0.2, 0.25) is 0 Å². The zero-order valence-corrected chi connectivity index (χ0v) is 12.9. The highest BCUT2D eigenvalue weighted by Gasteiger charge is 2.14. The van der Waals surface area contributed by atoms with Crippen molar-refractivity contribution in [2.24, 2.45) is 0 Å². The van der Waals surface area contributed by atoms with Gasteiger partial charge >= 0.3 is 0 Å². The van der Waals surface area contributed by atoms with E-state index >= 15 is 0 Å². The van der Waals surface area contributed by atoms with Gasteiger partial charge in [-0.05, 0) is 45.4 Å². The normalized spacial score (nSPS) is 13.4. The third-order valence-corrected chi connectivity index (χ3v) is 2.89. The first-order valence-corrected chi connectivity index (χ1v) is 6.93. The minimum absolute atomic E-state index is 0.0861. The number of hydrogen-bond acceptors (Lipinski definition) is 2. The maximum Gasteiger partial charge on any atom is 0.122 e. The van der Waals surface area contributed by atoms with E-state index in [0.29, 0.717) is 10.0 Å². The molecule has 0 bridgehead atoms. The Morgan fingerprint density at radius 1 is 1.17 bits per heavy atom. The summed E-state index contributed by atoms with van der Waals surface area (Å²) in [5.41, 5.74) is 0.0861. The smallest absolute Gasteiger partial charge is 0.122 e. The van der Waals surface area contributed by atoms with Gasteiger partial charge in [0, 0.05) is 22.1 Å². The van der Waals surface area contributed by atoms with Crippen LogP contribution in [0.1, 0.15) is 34.1 Å². The molecule has 0 aliphatic heterocycles. The van der Waals surface area contributed by atoms with E-state index < -0.39 is 0 Å². The SMILES string of the molecule is CCC(CNC(C)(C)C)Oc1cc(Cl)cc(Cl)c1. The van der Waals surface area contributed by atoms with E-state index in [9.17, 15) is 0 Å². The first-order chi connectivity index (χ1) is 8.30. The Labute approximate surface area is 120 Å². The van der Waals surface area contributed by atoms with Crippen molar-refractivity contribution in [3.63, 3.8) is 0 Å². The van der Waals surface area contributed by atoms with Crippen molar-refractivity contribution in [3.05, 3.63) is 28.2 Å². The summed E-state index contributed by atoms with van der Waals surface area (Å²) in [5, 5.41) is 4.62. The number of rotatable bonds is 5. The van der Waals surface area contributed by atoms with Gasteiger partial charge in [-0.1, -0.05) is 30.1 Å². The monoisotopic (exact) mass is 289 g/mol. The second-order valence-electron chi connectivity index (χ2n) is 5.38. The molecule has 2 nitrogen and oxygen atoms in total. The highest BCUT2D eigenvalue weighted by Crippen LogP contribution is 2.25. The van der Waals surface area contributed by atoms with Crippen LogP contribution in [0, 0.1) is 0 Å². The summed E-state index contributed by atoms with van der Waals surface area (Å²) in [4.78, 5) is 0. The summed E-state index contributed by atoms with van der Waals surface area (Å²) in [5.74, 6) is 0.718. The molecule has 0 spiro atoms. The number of benzene rings is 1. The van der Waals surface area contributed by atoms with E-state index in [1.807, 2.05) is 0 Å². The van der Waals surface area contributed by atoms with Gasteiger partial charge in [0.15, 0.2) is 0 Å². The lowest BCUT2D eigenvalue weighted by molar-refractivity contribution is 0.181. The quantitative estimate of drug-likeness (QED) is 0.859. The van der Waals surface area contributed by atoms with Crippen molar-refractivity contribution in [3.8, 4) is 5.75 Å². The third kappa shape index (κ3) is 5.94. The summed E-state index contributed by atoms with van der Waals surface area (Å²) in [6, 6.07) is 5.27. The molecule has 0 amide bonds. The fourth-order valence-corrected chi connectivity index (χ4v) is 1.98. The molecule has 0 heterocycles. The van der Waals surface area contributed by atoms with Crippen LogP contribution in [-0.2, 0) is 0 Å². The Balaban J connectivity index is 2.62. The molecule has 4 heteroatoms. The lowest BCUT2D eigenvalue weighted by Gasteiger charge is -2.25. The fraction of sp³-hybridized carbons (Fsp3) is 0.571. The zero-order chi connectivity index (χ0) is 13.8. The average molecular weight is 290 g/mol. The molecule has 1 atom stereocenters. The van der Waals surface area contributed by atoms with Crippen molar-refractivity contribution in [2.45, 2.75) is 45.8 Å². The molecule has 0 saturated heterocycles. The first kappa shape index (κ1) is 15.6. The lowest BCUT2D eigenvalue weighted by atomic mass is 10.1. The molecular formula is C14H21Cl2NO. The molecule has 18 heavy (non-hydrogen) atoms. The summed E-state index contributed by atoms with van der Waals surface area (Å²) in [7, 11) is 0. The minimum Gasteiger partial charge on any atom is -0.489 e. The Bertz CT molecular complexity index is 368. The van der Waals surface area contributed by atoms with Crippen molar-refractivity contribution in [2.75, 3.05) is 6.54 Å². The molecule has 0 radical (unpaired) electrons. The van der Waals surface area contributed by atoms with E-state index in [2.05, 4.69) is 33.0 Å². The molecule has 0 fully saturated rings. The predicted octanol–water partition coefficient (Wildman–Crippen LogP) is 4.54. The van der Waals surface area contributed by atoms with Crippen LogP contribution in [0.25, 0.3) is 0 Å². The zero-order valence-electron chi connectivity index (χ0n) is 11.4. The Morgan fingerprint density at radius 2 is 1.72 bits per heavy atom. The van der Waals surface area contributed by atoms with Crippen LogP contribution < -0.4 is 10.1 Å². The summed E-state index contributed by atoms with van der Waals surface area (Å²) in [6.45, 7) is 9.30. The molecule has 1 N–H and O–H groups in total. The van der Waals surface area contributed by atoms with Gasteiger partial charge in [-0.2, -0.15) is 0 Å². The third-order valence-electron chi connectivity index (χ3n) is 2.45. The van der Waals surface area contributed by atoms with Gasteiger partial charge in [-0.3, -0.25) is 0 Å². The maximum absolute atomic E-state index is 5.95. The topological polar surface area (TPSA) is 21.3 Å². The number of halogens is 2. The summed E-state index contributed by atoms with van der Waals surface area (Å²) < 4.78 is 5.89. The van der Waals surface area contributed by atoms with Crippen LogP contribution in [0.5, 0.6) is 5.75 Å². The summed E-state index contributed by atoms with van der Waals surface area (Å²) in [6.07, 6.45) is 1.03. The van der Waals surface area contributed by atoms with Crippen molar-refractivity contribution in [1.82, 2.24) is 5.32 Å². The van der Waals surface area contributed by atoms with Crippen LogP contribution in [0.3, 0.4) is 0 Å². The molecule has 1 unspecified atom stereocenters.